The van der Waals surface area contributed by atoms with E-state index < -0.39 is 5.97 Å². The van der Waals surface area contributed by atoms with Gasteiger partial charge in [0.15, 0.2) is 0 Å². The van der Waals surface area contributed by atoms with Crippen LogP contribution in [0.2, 0.25) is 0 Å². The Balaban J connectivity index is 2.03. The Bertz CT molecular complexity index is 801. The molecule has 0 unspecified atom stereocenters. The van der Waals surface area contributed by atoms with E-state index in [1.54, 1.807) is 12.1 Å². The van der Waals surface area contributed by atoms with Gasteiger partial charge in [0, 0.05) is 11.3 Å². The van der Waals surface area contributed by atoms with E-state index >= 15 is 0 Å². The molecule has 0 spiro atoms. The van der Waals surface area contributed by atoms with Gasteiger partial charge < -0.3 is 10.1 Å². The number of amides is 1. The SMILES string of the molecule is COC(=O)c1c(NC(=O)CCc2ccc(C#N)cc2)sc(C)c1C. The van der Waals surface area contributed by atoms with Gasteiger partial charge in [0.2, 0.25) is 5.91 Å². The number of carbonyl (C=O) groups excluding carboxylic acids is 2. The molecule has 5 nitrogen and oxygen atoms in total. The molecule has 1 amide bonds. The molecule has 1 aromatic heterocycles. The van der Waals surface area contributed by atoms with E-state index in [4.69, 9.17) is 10.00 Å². The number of aryl methyl sites for hydroxylation is 2. The molecule has 0 aliphatic rings. The summed E-state index contributed by atoms with van der Waals surface area (Å²) in [6, 6.07) is 9.20. The number of nitriles is 1. The van der Waals surface area contributed by atoms with Crippen LogP contribution in [0.4, 0.5) is 5.00 Å². The molecule has 0 saturated heterocycles. The smallest absolute Gasteiger partial charge is 0.341 e. The van der Waals surface area contributed by atoms with Crippen LogP contribution in [-0.4, -0.2) is 19.0 Å². The Kier molecular flexibility index (Phi) is 5.72. The fourth-order valence-electron chi connectivity index (χ4n) is 2.26. The summed E-state index contributed by atoms with van der Waals surface area (Å²) in [7, 11) is 1.32. The fraction of sp³-hybridized carbons (Fsp3) is 0.278. The van der Waals surface area contributed by atoms with Crippen LogP contribution in [0.5, 0.6) is 0 Å². The number of thiophene rings is 1. The van der Waals surface area contributed by atoms with Crippen LogP contribution < -0.4 is 5.32 Å². The molecule has 2 aromatic rings. The normalized spacial score (nSPS) is 10.1. The first-order valence-electron chi connectivity index (χ1n) is 7.43. The Labute approximate surface area is 144 Å². The van der Waals surface area contributed by atoms with Gasteiger partial charge in [0.05, 0.1) is 24.3 Å². The van der Waals surface area contributed by atoms with Gasteiger partial charge in [0.1, 0.15) is 5.00 Å². The van der Waals surface area contributed by atoms with Gasteiger partial charge in [-0.25, -0.2) is 4.79 Å². The van der Waals surface area contributed by atoms with Crippen LogP contribution >= 0.6 is 11.3 Å². The van der Waals surface area contributed by atoms with Crippen molar-refractivity contribution in [2.45, 2.75) is 26.7 Å². The number of hydrogen-bond acceptors (Lipinski definition) is 5. The highest BCUT2D eigenvalue weighted by molar-refractivity contribution is 7.16. The summed E-state index contributed by atoms with van der Waals surface area (Å²) < 4.78 is 4.79. The van der Waals surface area contributed by atoms with Crippen molar-refractivity contribution in [2.24, 2.45) is 0 Å². The molecule has 0 aliphatic carbocycles. The van der Waals surface area contributed by atoms with Crippen LogP contribution in [0.3, 0.4) is 0 Å². The third-order valence-corrected chi connectivity index (χ3v) is 4.87. The number of nitrogens with zero attached hydrogens (tertiary/aromatic N) is 1. The number of ether oxygens (including phenoxy) is 1. The van der Waals surface area contributed by atoms with E-state index in [1.807, 2.05) is 26.0 Å². The zero-order valence-electron chi connectivity index (χ0n) is 13.8. The Morgan fingerprint density at radius 2 is 1.92 bits per heavy atom. The highest BCUT2D eigenvalue weighted by atomic mass is 32.1. The first-order chi connectivity index (χ1) is 11.5. The first kappa shape index (κ1) is 17.7. The van der Waals surface area contributed by atoms with Gasteiger partial charge in [-0.05, 0) is 43.5 Å². The molecule has 0 aliphatic heterocycles. The van der Waals surface area contributed by atoms with Gasteiger partial charge >= 0.3 is 5.97 Å². The maximum atomic E-state index is 12.2. The number of rotatable bonds is 5. The average molecular weight is 342 g/mol. The average Bonchev–Trinajstić information content (AvgIpc) is 2.86. The number of nitrogens with one attached hydrogen (secondary N) is 1. The standard InChI is InChI=1S/C18H18N2O3S/c1-11-12(2)24-17(16(11)18(22)23-3)20-15(21)9-8-13-4-6-14(10-19)7-5-13/h4-7H,8-9H2,1-3H3,(H,20,21). The third-order valence-electron chi connectivity index (χ3n) is 3.75. The van der Waals surface area contributed by atoms with E-state index in [0.717, 1.165) is 16.0 Å². The molecule has 1 heterocycles. The number of esters is 1. The highest BCUT2D eigenvalue weighted by Gasteiger charge is 2.21. The van der Waals surface area contributed by atoms with E-state index in [2.05, 4.69) is 11.4 Å². The third kappa shape index (κ3) is 4.00. The molecule has 2 rings (SSSR count). The zero-order chi connectivity index (χ0) is 17.7. The van der Waals surface area contributed by atoms with Crippen molar-refractivity contribution >= 4 is 28.2 Å². The minimum atomic E-state index is -0.445. The molecular weight excluding hydrogens is 324 g/mol. The second-order valence-corrected chi connectivity index (χ2v) is 6.56. The predicted molar refractivity (Wildman–Crippen MR) is 93.2 cm³/mol. The largest absolute Gasteiger partial charge is 0.465 e. The second-order valence-electron chi connectivity index (χ2n) is 5.34. The van der Waals surface area contributed by atoms with Gasteiger partial charge in [-0.2, -0.15) is 5.26 Å². The van der Waals surface area contributed by atoms with E-state index in [-0.39, 0.29) is 5.91 Å². The molecule has 6 heteroatoms. The molecule has 0 saturated carbocycles. The molecule has 0 radical (unpaired) electrons. The lowest BCUT2D eigenvalue weighted by Crippen LogP contribution is -2.14. The molecule has 0 fully saturated rings. The number of anilines is 1. The highest BCUT2D eigenvalue weighted by Crippen LogP contribution is 2.33. The lowest BCUT2D eigenvalue weighted by molar-refractivity contribution is -0.116. The summed E-state index contributed by atoms with van der Waals surface area (Å²) in [6.07, 6.45) is 0.858. The van der Waals surface area contributed by atoms with Crippen molar-refractivity contribution in [3.8, 4) is 6.07 Å². The van der Waals surface area contributed by atoms with E-state index in [1.165, 1.54) is 18.4 Å². The van der Waals surface area contributed by atoms with E-state index in [0.29, 0.717) is 29.0 Å². The van der Waals surface area contributed by atoms with Crippen molar-refractivity contribution in [2.75, 3.05) is 12.4 Å². The van der Waals surface area contributed by atoms with Crippen molar-refractivity contribution in [1.82, 2.24) is 0 Å². The minimum Gasteiger partial charge on any atom is -0.465 e. The number of hydrogen-bond donors (Lipinski definition) is 1. The second kappa shape index (κ2) is 7.75. The number of carbonyl (C=O) groups is 2. The summed E-state index contributed by atoms with van der Waals surface area (Å²) in [6.45, 7) is 3.74. The van der Waals surface area contributed by atoms with Crippen LogP contribution in [0.1, 0.15) is 38.3 Å². The fourth-order valence-corrected chi connectivity index (χ4v) is 3.32. The summed E-state index contributed by atoms with van der Waals surface area (Å²) in [5.41, 5.74) is 2.83. The molecule has 24 heavy (non-hydrogen) atoms. The Morgan fingerprint density at radius 3 is 2.50 bits per heavy atom. The van der Waals surface area contributed by atoms with Crippen LogP contribution in [0, 0.1) is 25.2 Å². The van der Waals surface area contributed by atoms with Crippen LogP contribution in [0.15, 0.2) is 24.3 Å². The van der Waals surface area contributed by atoms with Crippen molar-refractivity contribution < 1.29 is 14.3 Å². The van der Waals surface area contributed by atoms with Crippen LogP contribution in [-0.2, 0) is 16.0 Å². The van der Waals surface area contributed by atoms with Gasteiger partial charge in [-0.1, -0.05) is 12.1 Å². The quantitative estimate of drug-likeness (QED) is 0.842. The summed E-state index contributed by atoms with van der Waals surface area (Å²) >= 11 is 1.37. The van der Waals surface area contributed by atoms with Crippen LogP contribution in [0.25, 0.3) is 0 Å². The Morgan fingerprint density at radius 1 is 1.25 bits per heavy atom. The van der Waals surface area contributed by atoms with Crippen molar-refractivity contribution in [3.63, 3.8) is 0 Å². The van der Waals surface area contributed by atoms with Crippen molar-refractivity contribution in [1.29, 1.82) is 5.26 Å². The van der Waals surface area contributed by atoms with E-state index in [9.17, 15) is 9.59 Å². The van der Waals surface area contributed by atoms with Crippen molar-refractivity contribution in [3.05, 3.63) is 51.4 Å². The lowest BCUT2D eigenvalue weighted by Gasteiger charge is -2.06. The summed E-state index contributed by atoms with van der Waals surface area (Å²) in [5, 5.41) is 12.1. The summed E-state index contributed by atoms with van der Waals surface area (Å²) in [4.78, 5) is 25.1. The zero-order valence-corrected chi connectivity index (χ0v) is 14.6. The minimum absolute atomic E-state index is 0.161. The predicted octanol–water partition coefficient (Wildman–Crippen LogP) is 3.59. The summed E-state index contributed by atoms with van der Waals surface area (Å²) in [5.74, 6) is -0.606. The first-order valence-corrected chi connectivity index (χ1v) is 8.25. The number of benzene rings is 1. The molecule has 0 atom stereocenters. The monoisotopic (exact) mass is 342 g/mol. The number of methoxy groups -OCH3 is 1. The molecule has 1 aromatic carbocycles. The maximum Gasteiger partial charge on any atom is 0.341 e. The lowest BCUT2D eigenvalue weighted by atomic mass is 10.1. The van der Waals surface area contributed by atoms with Gasteiger partial charge in [-0.3, -0.25) is 4.79 Å². The maximum absolute atomic E-state index is 12.2. The Hall–Kier alpha value is -2.65. The molecule has 124 valence electrons. The molecule has 0 bridgehead atoms. The van der Waals surface area contributed by atoms with Gasteiger partial charge in [-0.15, -0.1) is 11.3 Å². The molecule has 1 N–H and O–H groups in total. The molecular formula is C18H18N2O3S. The van der Waals surface area contributed by atoms with Gasteiger partial charge in [0.25, 0.3) is 0 Å². The topological polar surface area (TPSA) is 79.2 Å².